The molecule has 0 radical (unpaired) electrons. The van der Waals surface area contributed by atoms with Crippen LogP contribution in [0, 0.1) is 0 Å². The maximum absolute atomic E-state index is 12.0. The van der Waals surface area contributed by atoms with Crippen LogP contribution in [-0.2, 0) is 4.79 Å². The van der Waals surface area contributed by atoms with Crippen LogP contribution in [0.15, 0.2) is 18.2 Å². The van der Waals surface area contributed by atoms with Crippen LogP contribution in [-0.4, -0.2) is 35.6 Å². The van der Waals surface area contributed by atoms with Gasteiger partial charge in [-0.25, -0.2) is 0 Å². The lowest BCUT2D eigenvalue weighted by Gasteiger charge is -2.30. The van der Waals surface area contributed by atoms with Gasteiger partial charge in [-0.15, -0.1) is 0 Å². The largest absolute Gasteiger partial charge is 0.495 e. The molecule has 0 saturated carbocycles. The Morgan fingerprint density at radius 1 is 1.56 bits per heavy atom. The molecule has 5 nitrogen and oxygen atoms in total. The van der Waals surface area contributed by atoms with Crippen molar-refractivity contribution in [2.75, 3.05) is 18.6 Å². The number of rotatable bonds is 2. The van der Waals surface area contributed by atoms with Crippen molar-refractivity contribution >= 4 is 11.6 Å². The predicted octanol–water partition coefficient (Wildman–Crippen LogP) is 0.600. The number of carbonyl (C=O) groups is 1. The van der Waals surface area contributed by atoms with Gasteiger partial charge in [0.25, 0.3) is 0 Å². The van der Waals surface area contributed by atoms with Crippen LogP contribution in [0.3, 0.4) is 0 Å². The van der Waals surface area contributed by atoms with E-state index in [0.717, 1.165) is 5.56 Å². The number of methoxy groups -OCH3 is 1. The Morgan fingerprint density at radius 3 is 3.00 bits per heavy atom. The monoisotopic (exact) mass is 249 g/mol. The van der Waals surface area contributed by atoms with Gasteiger partial charge in [-0.2, -0.15) is 0 Å². The third kappa shape index (κ3) is 1.20. The number of fused-ring (bicyclic) bond motifs is 3. The highest BCUT2D eigenvalue weighted by molar-refractivity contribution is 6.01. The first-order chi connectivity index (χ1) is 8.63. The van der Waals surface area contributed by atoms with Gasteiger partial charge in [0.1, 0.15) is 5.75 Å². The zero-order chi connectivity index (χ0) is 12.9. The third-order valence-electron chi connectivity index (χ3n) is 3.93. The van der Waals surface area contributed by atoms with Crippen molar-refractivity contribution in [1.29, 1.82) is 0 Å². The van der Waals surface area contributed by atoms with Crippen molar-refractivity contribution in [1.82, 2.24) is 0 Å². The second-order valence-electron chi connectivity index (χ2n) is 4.74. The maximum atomic E-state index is 12.0. The molecule has 1 saturated heterocycles. The molecule has 0 aromatic heterocycles. The van der Waals surface area contributed by atoms with Crippen molar-refractivity contribution in [3.05, 3.63) is 23.8 Å². The Balaban J connectivity index is 2.25. The van der Waals surface area contributed by atoms with E-state index in [1.54, 1.807) is 12.1 Å². The number of anilines is 1. The van der Waals surface area contributed by atoms with E-state index in [1.165, 1.54) is 12.0 Å². The number of hydrogen-bond acceptors (Lipinski definition) is 4. The van der Waals surface area contributed by atoms with Gasteiger partial charge >= 0.3 is 0 Å². The van der Waals surface area contributed by atoms with E-state index in [0.29, 0.717) is 24.3 Å². The fourth-order valence-corrected chi connectivity index (χ4v) is 3.10. The Kier molecular flexibility index (Phi) is 2.36. The summed E-state index contributed by atoms with van der Waals surface area (Å²) < 4.78 is 5.26. The molecular weight excluding hydrogens is 234 g/mol. The summed E-state index contributed by atoms with van der Waals surface area (Å²) in [6, 6.07) is 5.38. The van der Waals surface area contributed by atoms with Gasteiger partial charge in [0.15, 0.2) is 5.72 Å². The number of nitrogens with zero attached hydrogens (tertiary/aromatic N) is 1. The van der Waals surface area contributed by atoms with Crippen LogP contribution in [0.1, 0.15) is 24.3 Å². The number of benzene rings is 1. The van der Waals surface area contributed by atoms with E-state index in [2.05, 4.69) is 0 Å². The molecule has 1 amide bonds. The summed E-state index contributed by atoms with van der Waals surface area (Å²) >= 11 is 0. The summed E-state index contributed by atoms with van der Waals surface area (Å²) in [4.78, 5) is 13.4. The second kappa shape index (κ2) is 3.70. The lowest BCUT2D eigenvalue weighted by atomic mass is 9.91. The molecule has 2 aliphatic rings. The van der Waals surface area contributed by atoms with E-state index < -0.39 is 11.6 Å². The smallest absolute Gasteiger partial charge is 0.229 e. The lowest BCUT2D eigenvalue weighted by Crippen LogP contribution is -2.46. The van der Waals surface area contributed by atoms with E-state index in [9.17, 15) is 15.0 Å². The first-order valence-corrected chi connectivity index (χ1v) is 5.96. The summed E-state index contributed by atoms with van der Waals surface area (Å²) in [5.41, 5.74) is 0.0689. The number of para-hydroxylation sites is 1. The average molecular weight is 249 g/mol. The number of carbonyl (C=O) groups excluding carboxylic acids is 1. The summed E-state index contributed by atoms with van der Waals surface area (Å²) in [6.45, 7) is -0.194. The second-order valence-corrected chi connectivity index (χ2v) is 4.74. The number of aliphatic hydroxyl groups excluding tert-OH is 1. The predicted molar refractivity (Wildman–Crippen MR) is 64.5 cm³/mol. The highest BCUT2D eigenvalue weighted by Gasteiger charge is 2.57. The van der Waals surface area contributed by atoms with E-state index in [1.807, 2.05) is 6.07 Å². The molecule has 18 heavy (non-hydrogen) atoms. The van der Waals surface area contributed by atoms with Crippen LogP contribution in [0.4, 0.5) is 5.69 Å². The molecule has 3 rings (SSSR count). The number of hydrogen-bond donors (Lipinski definition) is 2. The van der Waals surface area contributed by atoms with Gasteiger partial charge in [-0.05, 0) is 11.6 Å². The fraction of sp³-hybridized carbons (Fsp3) is 0.462. The molecule has 2 aliphatic heterocycles. The minimum absolute atomic E-state index is 0.126. The topological polar surface area (TPSA) is 70.0 Å². The number of ether oxygens (including phenoxy) is 1. The van der Waals surface area contributed by atoms with Crippen molar-refractivity contribution in [3.63, 3.8) is 0 Å². The molecule has 0 spiro atoms. The van der Waals surface area contributed by atoms with Crippen LogP contribution in [0.2, 0.25) is 0 Å². The standard InChI is InChI=1S/C13H15NO4/c1-18-10-4-2-3-8-9(7-15)13(17)6-5-11(16)14(13)12(8)10/h2-4,9,15,17H,5-7H2,1H3/t9-,13-/m1/s1. The molecule has 2 heterocycles. The van der Waals surface area contributed by atoms with Crippen LogP contribution in [0.5, 0.6) is 5.75 Å². The van der Waals surface area contributed by atoms with Gasteiger partial charge in [0.2, 0.25) is 5.91 Å². The fourth-order valence-electron chi connectivity index (χ4n) is 3.10. The highest BCUT2D eigenvalue weighted by Crippen LogP contribution is 2.54. The molecule has 0 aliphatic carbocycles. The molecule has 0 bridgehead atoms. The van der Waals surface area contributed by atoms with Crippen molar-refractivity contribution < 1.29 is 19.7 Å². The minimum atomic E-state index is -1.30. The zero-order valence-corrected chi connectivity index (χ0v) is 10.1. The molecule has 1 aromatic rings. The van der Waals surface area contributed by atoms with Gasteiger partial charge in [-0.1, -0.05) is 12.1 Å². The molecule has 1 fully saturated rings. The Hall–Kier alpha value is -1.59. The first kappa shape index (κ1) is 11.5. The molecule has 5 heteroatoms. The van der Waals surface area contributed by atoms with Gasteiger partial charge in [0, 0.05) is 12.8 Å². The number of aliphatic hydroxyl groups is 2. The van der Waals surface area contributed by atoms with Gasteiger partial charge in [-0.3, -0.25) is 9.69 Å². The average Bonchev–Trinajstić information content (AvgIpc) is 2.80. The van der Waals surface area contributed by atoms with Crippen molar-refractivity contribution in [2.45, 2.75) is 24.5 Å². The van der Waals surface area contributed by atoms with Crippen molar-refractivity contribution in [3.8, 4) is 5.75 Å². The third-order valence-corrected chi connectivity index (χ3v) is 3.93. The quantitative estimate of drug-likeness (QED) is 0.805. The molecule has 0 unspecified atom stereocenters. The van der Waals surface area contributed by atoms with Crippen LogP contribution >= 0.6 is 0 Å². The van der Waals surface area contributed by atoms with Gasteiger partial charge in [0.05, 0.1) is 25.3 Å². The van der Waals surface area contributed by atoms with Crippen LogP contribution in [0.25, 0.3) is 0 Å². The van der Waals surface area contributed by atoms with Gasteiger partial charge < -0.3 is 14.9 Å². The van der Waals surface area contributed by atoms with E-state index in [-0.39, 0.29) is 12.5 Å². The zero-order valence-electron chi connectivity index (χ0n) is 10.1. The number of amides is 1. The van der Waals surface area contributed by atoms with Crippen LogP contribution < -0.4 is 9.64 Å². The molecular formula is C13H15NO4. The molecule has 2 N–H and O–H groups in total. The Bertz CT molecular complexity index is 516. The van der Waals surface area contributed by atoms with E-state index in [4.69, 9.17) is 4.74 Å². The van der Waals surface area contributed by atoms with Crippen molar-refractivity contribution in [2.24, 2.45) is 0 Å². The Labute approximate surface area is 105 Å². The summed E-state index contributed by atoms with van der Waals surface area (Å²) in [6.07, 6.45) is 0.638. The SMILES string of the molecule is COc1cccc2c1N1C(=O)CC[C@@]1(O)[C@@H]2CO. The lowest BCUT2D eigenvalue weighted by molar-refractivity contribution is -0.118. The minimum Gasteiger partial charge on any atom is -0.495 e. The molecule has 96 valence electrons. The summed E-state index contributed by atoms with van der Waals surface area (Å²) in [7, 11) is 1.53. The molecule has 1 aromatic carbocycles. The first-order valence-electron chi connectivity index (χ1n) is 5.96. The summed E-state index contributed by atoms with van der Waals surface area (Å²) in [5, 5.41) is 20.2. The maximum Gasteiger partial charge on any atom is 0.229 e. The van der Waals surface area contributed by atoms with E-state index >= 15 is 0 Å². The highest BCUT2D eigenvalue weighted by atomic mass is 16.5. The molecule has 2 atom stereocenters. The normalized spacial score (nSPS) is 29.4. The Morgan fingerprint density at radius 2 is 2.33 bits per heavy atom. The summed E-state index contributed by atoms with van der Waals surface area (Å²) in [5.74, 6) is -0.0367.